The Morgan fingerprint density at radius 3 is 2.00 bits per heavy atom. The molecule has 1 aromatic carbocycles. The summed E-state index contributed by atoms with van der Waals surface area (Å²) in [6, 6.07) is 8.84. The summed E-state index contributed by atoms with van der Waals surface area (Å²) in [5.41, 5.74) is 0.766. The minimum atomic E-state index is -1.92. The fourth-order valence-electron chi connectivity index (χ4n) is 1.74. The Hall–Kier alpha value is -2.90. The summed E-state index contributed by atoms with van der Waals surface area (Å²) in [5, 5.41) is 11.5. The Morgan fingerprint density at radius 1 is 1.00 bits per heavy atom. The summed E-state index contributed by atoms with van der Waals surface area (Å²) in [7, 11) is 0. The molecule has 124 valence electrons. The van der Waals surface area contributed by atoms with Gasteiger partial charge in [0.05, 0.1) is 0 Å². The van der Waals surface area contributed by atoms with Crippen molar-refractivity contribution in [3.63, 3.8) is 0 Å². The average molecular weight is 323 g/mol. The largest absolute Gasteiger partial charge is 0.478 e. The second-order valence-electron chi connectivity index (χ2n) is 4.60. The predicted octanol–water partition coefficient (Wildman–Crippen LogP) is 0.251. The van der Waals surface area contributed by atoms with E-state index >= 15 is 0 Å². The van der Waals surface area contributed by atoms with Crippen molar-refractivity contribution in [3.05, 3.63) is 35.9 Å². The molecule has 23 heavy (non-hydrogen) atoms. The smallest absolute Gasteiger partial charge is 0.349 e. The molecule has 0 aliphatic rings. The first-order chi connectivity index (χ1) is 10.8. The van der Waals surface area contributed by atoms with Crippen molar-refractivity contribution in [1.82, 2.24) is 5.32 Å². The minimum absolute atomic E-state index is 0.101. The lowest BCUT2D eigenvalue weighted by molar-refractivity contribution is -0.180. The van der Waals surface area contributed by atoms with Crippen LogP contribution in [0.5, 0.6) is 0 Å². The fraction of sp³-hybridized carbons (Fsp3) is 0.333. The van der Waals surface area contributed by atoms with Crippen molar-refractivity contribution in [2.75, 3.05) is 0 Å². The zero-order valence-electron chi connectivity index (χ0n) is 12.6. The van der Waals surface area contributed by atoms with Crippen molar-refractivity contribution in [2.45, 2.75) is 32.6 Å². The lowest BCUT2D eigenvalue weighted by Gasteiger charge is -2.22. The first-order valence-corrected chi connectivity index (χ1v) is 6.70. The molecule has 1 aromatic rings. The van der Waals surface area contributed by atoms with Crippen LogP contribution < -0.4 is 5.32 Å². The molecule has 0 unspecified atom stereocenters. The third-order valence-corrected chi connectivity index (χ3v) is 2.67. The van der Waals surface area contributed by atoms with Gasteiger partial charge in [-0.15, -0.1) is 0 Å². The Labute approximate surface area is 132 Å². The van der Waals surface area contributed by atoms with E-state index in [2.05, 4.69) is 10.1 Å². The van der Waals surface area contributed by atoms with Gasteiger partial charge in [-0.2, -0.15) is 0 Å². The molecule has 0 aliphatic carbocycles. The molecular weight excluding hydrogens is 306 g/mol. The maximum absolute atomic E-state index is 12.1. The van der Waals surface area contributed by atoms with Crippen LogP contribution in [0.1, 0.15) is 19.4 Å². The number of hydrogen-bond acceptors (Lipinski definition) is 6. The highest BCUT2D eigenvalue weighted by Gasteiger charge is 2.39. The number of nitrogens with one attached hydrogen (secondary N) is 1. The number of esters is 2. The minimum Gasteiger partial charge on any atom is -0.478 e. The van der Waals surface area contributed by atoms with E-state index in [0.29, 0.717) is 0 Å². The molecule has 0 radical (unpaired) electrons. The van der Waals surface area contributed by atoms with Crippen molar-refractivity contribution in [2.24, 2.45) is 0 Å². The Bertz CT molecular complexity index is 585. The van der Waals surface area contributed by atoms with Crippen molar-refractivity contribution in [1.29, 1.82) is 0 Å². The lowest BCUT2D eigenvalue weighted by Crippen LogP contribution is -2.49. The van der Waals surface area contributed by atoms with Crippen LogP contribution in [0.25, 0.3) is 0 Å². The SMILES string of the molecule is CC(=O)O[C@@H](C(=O)O)[C@@H](OC(C)=O)C(=O)NCc1ccccc1. The van der Waals surface area contributed by atoms with E-state index < -0.39 is 36.0 Å². The Morgan fingerprint density at radius 2 is 1.52 bits per heavy atom. The zero-order chi connectivity index (χ0) is 17.4. The Balaban J connectivity index is 2.85. The fourth-order valence-corrected chi connectivity index (χ4v) is 1.74. The molecule has 8 heteroatoms. The number of carbonyl (C=O) groups excluding carboxylic acids is 3. The molecule has 0 aromatic heterocycles. The third-order valence-electron chi connectivity index (χ3n) is 2.67. The van der Waals surface area contributed by atoms with Gasteiger partial charge in [0.25, 0.3) is 5.91 Å². The van der Waals surface area contributed by atoms with Crippen LogP contribution >= 0.6 is 0 Å². The summed E-state index contributed by atoms with van der Waals surface area (Å²) in [4.78, 5) is 45.4. The number of carbonyl (C=O) groups is 4. The highest BCUT2D eigenvalue weighted by molar-refractivity contribution is 5.90. The molecule has 1 amide bonds. The number of amides is 1. The quantitative estimate of drug-likeness (QED) is 0.690. The van der Waals surface area contributed by atoms with Crippen molar-refractivity contribution in [3.8, 4) is 0 Å². The van der Waals surface area contributed by atoms with Crippen LogP contribution in [0, 0.1) is 0 Å². The van der Waals surface area contributed by atoms with Gasteiger partial charge in [0.15, 0.2) is 0 Å². The molecule has 1 rings (SSSR count). The molecule has 8 nitrogen and oxygen atoms in total. The monoisotopic (exact) mass is 323 g/mol. The van der Waals surface area contributed by atoms with E-state index in [0.717, 1.165) is 19.4 Å². The van der Waals surface area contributed by atoms with Gasteiger partial charge in [0.2, 0.25) is 12.2 Å². The zero-order valence-corrected chi connectivity index (χ0v) is 12.6. The van der Waals surface area contributed by atoms with Gasteiger partial charge >= 0.3 is 17.9 Å². The Kier molecular flexibility index (Phi) is 6.72. The van der Waals surface area contributed by atoms with Crippen LogP contribution in [0.3, 0.4) is 0 Å². The van der Waals surface area contributed by atoms with E-state index in [1.54, 1.807) is 30.3 Å². The maximum atomic E-state index is 12.1. The third kappa shape index (κ3) is 6.16. The standard InChI is InChI=1S/C15H17NO7/c1-9(17)22-12(13(15(20)21)23-10(2)18)14(19)16-8-11-6-4-3-5-7-11/h3-7,12-13H,8H2,1-2H3,(H,16,19)(H,20,21)/t12-,13-/m1/s1. The van der Waals surface area contributed by atoms with Gasteiger partial charge in [-0.3, -0.25) is 14.4 Å². The van der Waals surface area contributed by atoms with Crippen LogP contribution in [0.4, 0.5) is 0 Å². The molecule has 0 saturated carbocycles. The van der Waals surface area contributed by atoms with Crippen molar-refractivity contribution >= 4 is 23.8 Å². The number of benzene rings is 1. The van der Waals surface area contributed by atoms with E-state index in [9.17, 15) is 19.2 Å². The van der Waals surface area contributed by atoms with Crippen LogP contribution in [0.15, 0.2) is 30.3 Å². The molecule has 2 atom stereocenters. The number of ether oxygens (including phenoxy) is 2. The van der Waals surface area contributed by atoms with Gasteiger partial charge in [0.1, 0.15) is 0 Å². The second kappa shape index (κ2) is 8.52. The lowest BCUT2D eigenvalue weighted by atomic mass is 10.1. The number of aliphatic carboxylic acids is 1. The van der Waals surface area contributed by atoms with Crippen LogP contribution in [-0.4, -0.2) is 41.1 Å². The van der Waals surface area contributed by atoms with Gasteiger partial charge in [-0.05, 0) is 5.56 Å². The normalized spacial score (nSPS) is 12.6. The first-order valence-electron chi connectivity index (χ1n) is 6.70. The number of carboxylic acids is 1. The molecule has 0 aliphatic heterocycles. The summed E-state index contributed by atoms with van der Waals surface area (Å²) in [5.74, 6) is -4.26. The highest BCUT2D eigenvalue weighted by atomic mass is 16.6. The number of hydrogen-bond donors (Lipinski definition) is 2. The number of rotatable bonds is 7. The predicted molar refractivity (Wildman–Crippen MR) is 77.0 cm³/mol. The summed E-state index contributed by atoms with van der Waals surface area (Å²) in [6.45, 7) is 2.11. The van der Waals surface area contributed by atoms with Gasteiger partial charge in [-0.1, -0.05) is 30.3 Å². The molecule has 2 N–H and O–H groups in total. The van der Waals surface area contributed by atoms with E-state index in [1.165, 1.54) is 0 Å². The molecule has 0 saturated heterocycles. The molecule has 0 fully saturated rings. The molecule has 0 heterocycles. The van der Waals surface area contributed by atoms with Gasteiger partial charge in [-0.25, -0.2) is 4.79 Å². The van der Waals surface area contributed by atoms with Crippen molar-refractivity contribution < 1.29 is 33.8 Å². The maximum Gasteiger partial charge on any atom is 0.349 e. The van der Waals surface area contributed by atoms with Crippen LogP contribution in [-0.2, 0) is 35.2 Å². The van der Waals surface area contributed by atoms with Gasteiger partial charge < -0.3 is 19.9 Å². The first kappa shape index (κ1) is 18.1. The van der Waals surface area contributed by atoms with E-state index in [4.69, 9.17) is 9.84 Å². The average Bonchev–Trinajstić information content (AvgIpc) is 2.48. The molecule has 0 spiro atoms. The highest BCUT2D eigenvalue weighted by Crippen LogP contribution is 2.08. The van der Waals surface area contributed by atoms with Gasteiger partial charge in [0, 0.05) is 20.4 Å². The van der Waals surface area contributed by atoms with Crippen LogP contribution in [0.2, 0.25) is 0 Å². The van der Waals surface area contributed by atoms with E-state index in [-0.39, 0.29) is 6.54 Å². The summed E-state index contributed by atoms with van der Waals surface area (Å²) >= 11 is 0. The summed E-state index contributed by atoms with van der Waals surface area (Å²) < 4.78 is 9.29. The second-order valence-corrected chi connectivity index (χ2v) is 4.60. The molecular formula is C15H17NO7. The molecule has 0 bridgehead atoms. The van der Waals surface area contributed by atoms with E-state index in [1.807, 2.05) is 0 Å². The summed E-state index contributed by atoms with van der Waals surface area (Å²) in [6.07, 6.45) is -3.70. The topological polar surface area (TPSA) is 119 Å². The number of carboxylic acid groups (broad SMARTS) is 1.